The predicted octanol–water partition coefficient (Wildman–Crippen LogP) is 2.52. The lowest BCUT2D eigenvalue weighted by atomic mass is 10.2. The zero-order chi connectivity index (χ0) is 16.5. The normalized spacial score (nSPS) is 22.2. The van der Waals surface area contributed by atoms with E-state index in [0.29, 0.717) is 10.3 Å². The van der Waals surface area contributed by atoms with Gasteiger partial charge in [-0.2, -0.15) is 0 Å². The van der Waals surface area contributed by atoms with E-state index in [1.807, 2.05) is 28.6 Å². The summed E-state index contributed by atoms with van der Waals surface area (Å²) in [4.78, 5) is 7.28. The summed E-state index contributed by atoms with van der Waals surface area (Å²) in [7, 11) is 0. The minimum absolute atomic E-state index is 0.00240. The molecule has 6 heteroatoms. The van der Waals surface area contributed by atoms with Crippen LogP contribution in [0.4, 0.5) is 0 Å². The maximum absolute atomic E-state index is 13.0. The first-order chi connectivity index (χ1) is 11.7. The van der Waals surface area contributed by atoms with Crippen molar-refractivity contribution in [2.45, 2.75) is 36.6 Å². The highest BCUT2D eigenvalue weighted by Gasteiger charge is 2.32. The Morgan fingerprint density at radius 3 is 2.42 bits per heavy atom. The van der Waals surface area contributed by atoms with Gasteiger partial charge in [-0.15, -0.1) is 4.31 Å². The zero-order valence-electron chi connectivity index (χ0n) is 13.7. The molecule has 0 radical (unpaired) electrons. The Hall–Kier alpha value is -1.34. The summed E-state index contributed by atoms with van der Waals surface area (Å²) >= 11 is -1.24. The Labute approximate surface area is 145 Å². The van der Waals surface area contributed by atoms with Crippen LogP contribution in [0.2, 0.25) is 0 Å². The quantitative estimate of drug-likeness (QED) is 0.866. The molecule has 2 aromatic rings. The van der Waals surface area contributed by atoms with E-state index in [-0.39, 0.29) is 5.88 Å². The van der Waals surface area contributed by atoms with Crippen LogP contribution < -0.4 is 0 Å². The van der Waals surface area contributed by atoms with Crippen molar-refractivity contribution in [3.8, 4) is 5.88 Å². The molecule has 1 aliphatic carbocycles. The number of piperazine rings is 1. The fraction of sp³-hybridized carbons (Fsp3) is 0.500. The van der Waals surface area contributed by atoms with Gasteiger partial charge in [0.15, 0.2) is 4.90 Å². The smallest absolute Gasteiger partial charge is 0.219 e. The Morgan fingerprint density at radius 2 is 1.71 bits per heavy atom. The molecule has 5 nitrogen and oxygen atoms in total. The van der Waals surface area contributed by atoms with Gasteiger partial charge < -0.3 is 9.66 Å². The lowest BCUT2D eigenvalue weighted by Gasteiger charge is -2.37. The summed E-state index contributed by atoms with van der Waals surface area (Å²) in [5.74, 6) is -0.00240. The number of rotatable bonds is 3. The van der Waals surface area contributed by atoms with Gasteiger partial charge in [-0.05, 0) is 25.0 Å². The van der Waals surface area contributed by atoms with Gasteiger partial charge in [0, 0.05) is 29.9 Å². The van der Waals surface area contributed by atoms with E-state index in [2.05, 4.69) is 9.88 Å². The number of pyridine rings is 1. The molecular weight excluding hydrogens is 322 g/mol. The molecule has 0 spiro atoms. The number of hydrogen-bond acceptors (Lipinski definition) is 5. The molecule has 2 heterocycles. The highest BCUT2D eigenvalue weighted by atomic mass is 32.2. The molecule has 0 amide bonds. The largest absolute Gasteiger partial charge is 0.593 e. The van der Waals surface area contributed by atoms with Crippen molar-refractivity contribution in [3.63, 3.8) is 0 Å². The molecular formula is C18H23N3O2S. The molecule has 1 saturated heterocycles. The van der Waals surface area contributed by atoms with E-state index >= 15 is 0 Å². The van der Waals surface area contributed by atoms with Crippen molar-refractivity contribution in [1.29, 1.82) is 0 Å². The molecule has 1 atom stereocenters. The minimum Gasteiger partial charge on any atom is -0.593 e. The molecule has 1 aromatic carbocycles. The summed E-state index contributed by atoms with van der Waals surface area (Å²) in [6.07, 6.45) is 6.88. The number of nitrogens with zero attached hydrogens (tertiary/aromatic N) is 3. The lowest BCUT2D eigenvalue weighted by molar-refractivity contribution is 0.139. The molecule has 1 unspecified atom stereocenters. The van der Waals surface area contributed by atoms with E-state index < -0.39 is 11.4 Å². The topological polar surface area (TPSA) is 62.7 Å². The molecule has 4 rings (SSSR count). The van der Waals surface area contributed by atoms with Crippen molar-refractivity contribution in [1.82, 2.24) is 14.2 Å². The van der Waals surface area contributed by atoms with Crippen LogP contribution in [0.5, 0.6) is 5.88 Å². The average molecular weight is 345 g/mol. The van der Waals surface area contributed by atoms with Crippen LogP contribution in [-0.4, -0.2) is 56.1 Å². The van der Waals surface area contributed by atoms with Gasteiger partial charge in [-0.3, -0.25) is 4.90 Å². The fourth-order valence-corrected chi connectivity index (χ4v) is 5.22. The molecule has 1 saturated carbocycles. The molecule has 1 aliphatic heterocycles. The molecule has 24 heavy (non-hydrogen) atoms. The first-order valence-corrected chi connectivity index (χ1v) is 9.82. The number of benzene rings is 1. The zero-order valence-corrected chi connectivity index (χ0v) is 14.5. The fourth-order valence-electron chi connectivity index (χ4n) is 3.93. The number of hydrogen-bond donors (Lipinski definition) is 1. The Balaban J connectivity index is 1.50. The summed E-state index contributed by atoms with van der Waals surface area (Å²) in [6, 6.07) is 8.21. The summed E-state index contributed by atoms with van der Waals surface area (Å²) in [5, 5.41) is 11.4. The SMILES string of the molecule is [O-][S+](c1cnc(O)c2ccccc12)N1CCN(C2CCCC2)CC1. The van der Waals surface area contributed by atoms with Crippen LogP contribution in [0.15, 0.2) is 35.4 Å². The first kappa shape index (κ1) is 16.1. The molecule has 128 valence electrons. The van der Waals surface area contributed by atoms with E-state index in [1.165, 1.54) is 25.7 Å². The highest BCUT2D eigenvalue weighted by Crippen LogP contribution is 2.31. The van der Waals surface area contributed by atoms with Crippen LogP contribution >= 0.6 is 0 Å². The minimum atomic E-state index is -1.24. The number of aromatic nitrogens is 1. The van der Waals surface area contributed by atoms with Gasteiger partial charge >= 0.3 is 0 Å². The Kier molecular flexibility index (Phi) is 4.63. The molecule has 1 aromatic heterocycles. The third kappa shape index (κ3) is 2.99. The van der Waals surface area contributed by atoms with Crippen LogP contribution in [0, 0.1) is 0 Å². The maximum Gasteiger partial charge on any atom is 0.219 e. The van der Waals surface area contributed by atoms with E-state index in [4.69, 9.17) is 0 Å². The number of aromatic hydroxyl groups is 1. The van der Waals surface area contributed by atoms with Crippen molar-refractivity contribution < 1.29 is 9.66 Å². The lowest BCUT2D eigenvalue weighted by Crippen LogP contribution is -2.51. The van der Waals surface area contributed by atoms with Gasteiger partial charge in [-0.25, -0.2) is 4.98 Å². The third-order valence-corrected chi connectivity index (χ3v) is 6.81. The molecule has 2 fully saturated rings. The third-order valence-electron chi connectivity index (χ3n) is 5.27. The standard InChI is InChI=1S/C18H23N3O2S/c22-18-16-8-4-3-7-15(16)17(13-19-18)24(23)21-11-9-20(10-12-21)14-5-1-2-6-14/h3-4,7-8,13-14H,1-2,5-6,9-12H2,(H,19,22). The maximum atomic E-state index is 13.0. The van der Waals surface area contributed by atoms with Crippen LogP contribution in [0.25, 0.3) is 10.8 Å². The average Bonchev–Trinajstić information content (AvgIpc) is 3.17. The van der Waals surface area contributed by atoms with Crippen molar-refractivity contribution >= 4 is 22.1 Å². The van der Waals surface area contributed by atoms with Crippen LogP contribution in [0.3, 0.4) is 0 Å². The second-order valence-electron chi connectivity index (χ2n) is 6.64. The summed E-state index contributed by atoms with van der Waals surface area (Å²) < 4.78 is 15.1. The second kappa shape index (κ2) is 6.88. The van der Waals surface area contributed by atoms with Crippen molar-refractivity contribution in [2.75, 3.05) is 26.2 Å². The second-order valence-corrected chi connectivity index (χ2v) is 8.10. The Bertz CT molecular complexity index is 712. The summed E-state index contributed by atoms with van der Waals surface area (Å²) in [6.45, 7) is 3.61. The molecule has 1 N–H and O–H groups in total. The van der Waals surface area contributed by atoms with E-state index in [1.54, 1.807) is 6.20 Å². The molecule has 2 aliphatic rings. The van der Waals surface area contributed by atoms with E-state index in [9.17, 15) is 9.66 Å². The molecule has 0 bridgehead atoms. The van der Waals surface area contributed by atoms with Gasteiger partial charge in [0.25, 0.3) is 0 Å². The van der Waals surface area contributed by atoms with Gasteiger partial charge in [-0.1, -0.05) is 25.0 Å². The highest BCUT2D eigenvalue weighted by molar-refractivity contribution is 7.89. The Morgan fingerprint density at radius 1 is 1.04 bits per heavy atom. The van der Waals surface area contributed by atoms with Gasteiger partial charge in [0.1, 0.15) is 0 Å². The van der Waals surface area contributed by atoms with Crippen LogP contribution in [-0.2, 0) is 11.4 Å². The van der Waals surface area contributed by atoms with Crippen molar-refractivity contribution in [2.24, 2.45) is 0 Å². The monoisotopic (exact) mass is 345 g/mol. The predicted molar refractivity (Wildman–Crippen MR) is 95.2 cm³/mol. The van der Waals surface area contributed by atoms with Crippen molar-refractivity contribution in [3.05, 3.63) is 30.5 Å². The van der Waals surface area contributed by atoms with Gasteiger partial charge in [0.2, 0.25) is 5.88 Å². The number of fused-ring (bicyclic) bond motifs is 1. The van der Waals surface area contributed by atoms with Crippen LogP contribution in [0.1, 0.15) is 25.7 Å². The first-order valence-electron chi connectivity index (χ1n) is 8.71. The summed E-state index contributed by atoms with van der Waals surface area (Å²) in [5.41, 5.74) is 0. The van der Waals surface area contributed by atoms with Gasteiger partial charge in [0.05, 0.1) is 30.6 Å². The van der Waals surface area contributed by atoms with E-state index in [0.717, 1.165) is 37.6 Å².